The summed E-state index contributed by atoms with van der Waals surface area (Å²) in [5.41, 5.74) is -0.519. The van der Waals surface area contributed by atoms with E-state index >= 15 is 0 Å². The molecule has 3 aromatic rings. The number of hydrogen-bond acceptors (Lipinski definition) is 5. The molecule has 0 aliphatic carbocycles. The van der Waals surface area contributed by atoms with Gasteiger partial charge in [-0.05, 0) is 24.3 Å². The van der Waals surface area contributed by atoms with Gasteiger partial charge in [-0.1, -0.05) is 47.5 Å². The minimum absolute atomic E-state index is 0.0358. The molecule has 1 heterocycles. The Kier molecular flexibility index (Phi) is 5.26. The van der Waals surface area contributed by atoms with Crippen molar-refractivity contribution < 1.29 is 18.7 Å². The molecule has 0 aliphatic rings. The van der Waals surface area contributed by atoms with E-state index in [1.54, 1.807) is 42.5 Å². The number of hydrogen-bond donors (Lipinski definition) is 0. The second kappa shape index (κ2) is 7.59. The first-order valence-corrected chi connectivity index (χ1v) is 8.08. The summed E-state index contributed by atoms with van der Waals surface area (Å²) >= 11 is 11.9. The van der Waals surface area contributed by atoms with Gasteiger partial charge in [0.2, 0.25) is 0 Å². The number of benzene rings is 2. The third-order valence-corrected chi connectivity index (χ3v) is 3.94. The van der Waals surface area contributed by atoms with Gasteiger partial charge in [0.1, 0.15) is 24.4 Å². The Morgan fingerprint density at radius 3 is 2.48 bits per heavy atom. The molecule has 0 bridgehead atoms. The van der Waals surface area contributed by atoms with Crippen molar-refractivity contribution in [3.63, 3.8) is 0 Å². The Bertz CT molecular complexity index is 960. The monoisotopic (exact) mass is 378 g/mol. The summed E-state index contributed by atoms with van der Waals surface area (Å²) in [6, 6.07) is 13.3. The van der Waals surface area contributed by atoms with Crippen molar-refractivity contribution in [2.24, 2.45) is 0 Å². The van der Waals surface area contributed by atoms with Gasteiger partial charge in [0, 0.05) is 5.39 Å². The van der Waals surface area contributed by atoms with Gasteiger partial charge < -0.3 is 13.9 Å². The zero-order valence-electron chi connectivity index (χ0n) is 12.8. The Labute approximate surface area is 152 Å². The van der Waals surface area contributed by atoms with E-state index in [1.165, 1.54) is 6.07 Å². The van der Waals surface area contributed by atoms with Crippen LogP contribution in [0.5, 0.6) is 5.75 Å². The van der Waals surface area contributed by atoms with Crippen molar-refractivity contribution in [1.82, 2.24) is 0 Å². The van der Waals surface area contributed by atoms with Crippen LogP contribution in [0.25, 0.3) is 11.0 Å². The maximum Gasteiger partial charge on any atom is 0.351 e. The van der Waals surface area contributed by atoms with Crippen LogP contribution in [0.15, 0.2) is 57.7 Å². The molecule has 0 radical (unpaired) electrons. The minimum Gasteiger partial charge on any atom is -0.487 e. The average molecular weight is 379 g/mol. The lowest BCUT2D eigenvalue weighted by atomic mass is 10.2. The lowest BCUT2D eigenvalue weighted by molar-refractivity contribution is 0.0446. The second-order valence-corrected chi connectivity index (χ2v) is 5.83. The number of fused-ring (bicyclic) bond motifs is 1. The highest BCUT2D eigenvalue weighted by Gasteiger charge is 2.15. The van der Waals surface area contributed by atoms with Crippen molar-refractivity contribution in [2.45, 2.75) is 0 Å². The first kappa shape index (κ1) is 17.3. The number of para-hydroxylation sites is 2. The molecule has 0 unspecified atom stereocenters. The van der Waals surface area contributed by atoms with Gasteiger partial charge in [0.15, 0.2) is 5.75 Å². The predicted octanol–water partition coefficient (Wildman–Crippen LogP) is 4.34. The van der Waals surface area contributed by atoms with E-state index in [-0.39, 0.29) is 18.8 Å². The first-order chi connectivity index (χ1) is 12.1. The average Bonchev–Trinajstić information content (AvgIpc) is 2.60. The van der Waals surface area contributed by atoms with Crippen LogP contribution in [-0.2, 0) is 4.74 Å². The fourth-order valence-electron chi connectivity index (χ4n) is 2.18. The molecule has 0 N–H and O–H groups in total. The molecule has 0 atom stereocenters. The van der Waals surface area contributed by atoms with Crippen LogP contribution < -0.4 is 10.4 Å². The van der Waals surface area contributed by atoms with Gasteiger partial charge in [-0.2, -0.15) is 0 Å². The van der Waals surface area contributed by atoms with Crippen molar-refractivity contribution >= 4 is 40.1 Å². The number of esters is 1. The Hall–Kier alpha value is -2.50. The largest absolute Gasteiger partial charge is 0.487 e. The van der Waals surface area contributed by atoms with Crippen LogP contribution in [0.2, 0.25) is 10.0 Å². The highest BCUT2D eigenvalue weighted by atomic mass is 35.5. The van der Waals surface area contributed by atoms with E-state index in [9.17, 15) is 9.59 Å². The van der Waals surface area contributed by atoms with Gasteiger partial charge in [0.25, 0.3) is 0 Å². The molecule has 5 nitrogen and oxygen atoms in total. The first-order valence-electron chi connectivity index (χ1n) is 7.33. The Balaban J connectivity index is 1.63. The quantitative estimate of drug-likeness (QED) is 0.375. The molecule has 1 aromatic heterocycles. The molecule has 0 saturated carbocycles. The lowest BCUT2D eigenvalue weighted by Gasteiger charge is -2.10. The van der Waals surface area contributed by atoms with E-state index in [0.29, 0.717) is 26.8 Å². The van der Waals surface area contributed by atoms with E-state index in [0.717, 1.165) is 0 Å². The smallest absolute Gasteiger partial charge is 0.351 e. The molecule has 0 fully saturated rings. The van der Waals surface area contributed by atoms with Crippen LogP contribution in [0.1, 0.15) is 10.4 Å². The number of carbonyl (C=O) groups is 1. The standard InChI is InChI=1S/C18H12Cl2O5/c19-13-5-3-6-14(20)16(13)23-8-9-24-17(21)12-10-11-4-1-2-7-15(11)25-18(12)22/h1-7,10H,8-9H2. The predicted molar refractivity (Wildman–Crippen MR) is 94.7 cm³/mol. The van der Waals surface area contributed by atoms with Crippen molar-refractivity contribution in [3.8, 4) is 5.75 Å². The molecule has 0 spiro atoms. The fraction of sp³-hybridized carbons (Fsp3) is 0.111. The minimum atomic E-state index is -0.784. The molecule has 0 amide bonds. The van der Waals surface area contributed by atoms with E-state index in [4.69, 9.17) is 37.1 Å². The summed E-state index contributed by atoms with van der Waals surface area (Å²) < 4.78 is 15.6. The van der Waals surface area contributed by atoms with E-state index in [2.05, 4.69) is 0 Å². The summed E-state index contributed by atoms with van der Waals surface area (Å²) in [7, 11) is 0. The van der Waals surface area contributed by atoms with Crippen molar-refractivity contribution in [1.29, 1.82) is 0 Å². The zero-order valence-corrected chi connectivity index (χ0v) is 14.3. The third kappa shape index (κ3) is 3.95. The number of carbonyl (C=O) groups excluding carboxylic acids is 1. The summed E-state index contributed by atoms with van der Waals surface area (Å²) in [4.78, 5) is 23.9. The summed E-state index contributed by atoms with van der Waals surface area (Å²) in [6.07, 6.45) is 0. The van der Waals surface area contributed by atoms with Crippen LogP contribution in [0.3, 0.4) is 0 Å². The lowest BCUT2D eigenvalue weighted by Crippen LogP contribution is -2.19. The molecule has 3 rings (SSSR count). The number of halogens is 2. The van der Waals surface area contributed by atoms with E-state index < -0.39 is 11.6 Å². The number of rotatable bonds is 5. The van der Waals surface area contributed by atoms with Crippen LogP contribution in [0, 0.1) is 0 Å². The van der Waals surface area contributed by atoms with Crippen molar-refractivity contribution in [3.05, 3.63) is 74.6 Å². The van der Waals surface area contributed by atoms with Crippen LogP contribution in [0.4, 0.5) is 0 Å². The molecule has 0 aliphatic heterocycles. The van der Waals surface area contributed by atoms with Gasteiger partial charge >= 0.3 is 11.6 Å². The Morgan fingerprint density at radius 2 is 1.72 bits per heavy atom. The fourth-order valence-corrected chi connectivity index (χ4v) is 2.69. The topological polar surface area (TPSA) is 65.7 Å². The van der Waals surface area contributed by atoms with E-state index in [1.807, 2.05) is 0 Å². The highest BCUT2D eigenvalue weighted by Crippen LogP contribution is 2.32. The number of ether oxygens (including phenoxy) is 2. The molecule has 2 aromatic carbocycles. The van der Waals surface area contributed by atoms with Gasteiger partial charge in [-0.25, -0.2) is 9.59 Å². The maximum atomic E-state index is 12.1. The molecule has 7 heteroatoms. The molecule has 128 valence electrons. The Morgan fingerprint density at radius 1 is 1.00 bits per heavy atom. The highest BCUT2D eigenvalue weighted by molar-refractivity contribution is 6.37. The van der Waals surface area contributed by atoms with Gasteiger partial charge in [-0.3, -0.25) is 0 Å². The summed E-state index contributed by atoms with van der Waals surface area (Å²) in [5.74, 6) is -0.472. The van der Waals surface area contributed by atoms with Crippen LogP contribution >= 0.6 is 23.2 Å². The second-order valence-electron chi connectivity index (χ2n) is 5.02. The molecule has 25 heavy (non-hydrogen) atoms. The van der Waals surface area contributed by atoms with Gasteiger partial charge in [-0.15, -0.1) is 0 Å². The maximum absolute atomic E-state index is 12.1. The SMILES string of the molecule is O=C(OCCOc1c(Cl)cccc1Cl)c1cc2ccccc2oc1=O. The van der Waals surface area contributed by atoms with Crippen LogP contribution in [-0.4, -0.2) is 19.2 Å². The zero-order chi connectivity index (χ0) is 17.8. The van der Waals surface area contributed by atoms with Crippen molar-refractivity contribution in [2.75, 3.05) is 13.2 Å². The third-order valence-electron chi connectivity index (χ3n) is 3.34. The summed E-state index contributed by atoms with van der Waals surface area (Å²) in [6.45, 7) is -0.0409. The molecular weight excluding hydrogens is 367 g/mol. The molecule has 0 saturated heterocycles. The summed E-state index contributed by atoms with van der Waals surface area (Å²) in [5, 5.41) is 1.34. The normalized spacial score (nSPS) is 10.6. The molecular formula is C18H12Cl2O5. The van der Waals surface area contributed by atoms with Gasteiger partial charge in [0.05, 0.1) is 10.0 Å².